The van der Waals surface area contributed by atoms with Crippen molar-refractivity contribution in [3.05, 3.63) is 60.2 Å². The van der Waals surface area contributed by atoms with Gasteiger partial charge in [-0.05, 0) is 30.0 Å². The second-order valence-electron chi connectivity index (χ2n) is 6.41. The van der Waals surface area contributed by atoms with Crippen LogP contribution >= 0.6 is 0 Å². The van der Waals surface area contributed by atoms with Gasteiger partial charge in [-0.2, -0.15) is 5.53 Å². The van der Waals surface area contributed by atoms with Crippen molar-refractivity contribution in [2.75, 3.05) is 6.61 Å². The first-order valence-electron chi connectivity index (χ1n) is 9.30. The average Bonchev–Trinajstić information content (AvgIpc) is 2.69. The maximum atomic E-state index is 12.2. The number of amidine groups is 1. The number of esters is 1. The summed E-state index contributed by atoms with van der Waals surface area (Å²) in [6.45, 7) is 2.01. The Balaban J connectivity index is 2.07. The van der Waals surface area contributed by atoms with Crippen molar-refractivity contribution in [1.82, 2.24) is 5.32 Å². The molecule has 1 atom stereocenters. The lowest BCUT2D eigenvalue weighted by Gasteiger charge is -2.18. The molecule has 0 unspecified atom stereocenters. The Hall–Kier alpha value is -3.55. The molecule has 0 aromatic heterocycles. The SMILES string of the molecule is CCOC(=O)C[C@@H](Cc1ccc(-c2ccccc2)cc1)NC(=O)CC(N)=NN=N. The first kappa shape index (κ1) is 21.7. The molecule has 0 fully saturated rings. The van der Waals surface area contributed by atoms with Crippen molar-refractivity contribution in [1.29, 1.82) is 5.53 Å². The lowest BCUT2D eigenvalue weighted by atomic mass is 9.99. The van der Waals surface area contributed by atoms with E-state index >= 15 is 0 Å². The van der Waals surface area contributed by atoms with Crippen LogP contribution in [0.15, 0.2) is 64.9 Å². The zero-order chi connectivity index (χ0) is 21.1. The van der Waals surface area contributed by atoms with Gasteiger partial charge in [-0.1, -0.05) is 59.8 Å². The third kappa shape index (κ3) is 7.53. The number of carbonyl (C=O) groups is 2. The predicted molar refractivity (Wildman–Crippen MR) is 110 cm³/mol. The van der Waals surface area contributed by atoms with Crippen molar-refractivity contribution in [3.63, 3.8) is 0 Å². The van der Waals surface area contributed by atoms with Crippen LogP contribution < -0.4 is 11.1 Å². The van der Waals surface area contributed by atoms with Crippen LogP contribution in [0.3, 0.4) is 0 Å². The van der Waals surface area contributed by atoms with E-state index in [0.29, 0.717) is 6.42 Å². The summed E-state index contributed by atoms with van der Waals surface area (Å²) in [6, 6.07) is 17.5. The van der Waals surface area contributed by atoms with Gasteiger partial charge in [0.15, 0.2) is 0 Å². The van der Waals surface area contributed by atoms with Gasteiger partial charge in [-0.25, -0.2) is 0 Å². The van der Waals surface area contributed by atoms with E-state index in [1.54, 1.807) is 6.92 Å². The number of rotatable bonds is 10. The molecule has 8 heteroatoms. The monoisotopic (exact) mass is 395 g/mol. The van der Waals surface area contributed by atoms with E-state index < -0.39 is 11.9 Å². The molecule has 0 aliphatic carbocycles. The van der Waals surface area contributed by atoms with E-state index in [2.05, 4.69) is 15.6 Å². The van der Waals surface area contributed by atoms with Gasteiger partial charge in [0.2, 0.25) is 5.91 Å². The highest BCUT2D eigenvalue weighted by Crippen LogP contribution is 2.20. The molecule has 0 aliphatic heterocycles. The minimum atomic E-state index is -0.454. The standard InChI is InChI=1S/C21H25N5O3/c1-2-29-21(28)13-18(24-20(27)14-19(22)25-26-23)12-15-8-10-17(11-9-15)16-6-4-3-5-7-16/h3-11,18H,2,12-14H2,1H3,(H,24,27)(H3,22,23,25)/t18-/m1/s1. The molecule has 0 radical (unpaired) electrons. The number of ether oxygens (including phenoxy) is 1. The summed E-state index contributed by atoms with van der Waals surface area (Å²) in [4.78, 5) is 24.1. The molecule has 152 valence electrons. The first-order valence-corrected chi connectivity index (χ1v) is 9.30. The van der Waals surface area contributed by atoms with Gasteiger partial charge in [0, 0.05) is 6.04 Å². The third-order valence-electron chi connectivity index (χ3n) is 4.15. The molecule has 0 heterocycles. The Kier molecular flexibility index (Phi) is 8.50. The lowest BCUT2D eigenvalue weighted by Crippen LogP contribution is -2.40. The Morgan fingerprint density at radius 3 is 2.38 bits per heavy atom. The molecule has 8 nitrogen and oxygen atoms in total. The number of benzene rings is 2. The van der Waals surface area contributed by atoms with E-state index in [4.69, 9.17) is 16.0 Å². The van der Waals surface area contributed by atoms with Crippen LogP contribution in [0, 0.1) is 5.53 Å². The van der Waals surface area contributed by atoms with Crippen LogP contribution in [0.2, 0.25) is 0 Å². The highest BCUT2D eigenvalue weighted by atomic mass is 16.5. The molecular weight excluding hydrogens is 370 g/mol. The molecule has 29 heavy (non-hydrogen) atoms. The second-order valence-corrected chi connectivity index (χ2v) is 6.41. The molecule has 2 rings (SSSR count). The Bertz CT molecular complexity index is 850. The summed E-state index contributed by atoms with van der Waals surface area (Å²) in [5, 5.41) is 8.91. The van der Waals surface area contributed by atoms with E-state index in [0.717, 1.165) is 16.7 Å². The molecule has 0 saturated carbocycles. The van der Waals surface area contributed by atoms with Gasteiger partial charge in [0.25, 0.3) is 0 Å². The van der Waals surface area contributed by atoms with Crippen LogP contribution in [0.1, 0.15) is 25.3 Å². The van der Waals surface area contributed by atoms with Gasteiger partial charge in [-0.15, -0.1) is 5.10 Å². The zero-order valence-electron chi connectivity index (χ0n) is 16.3. The number of hydrogen-bond acceptors (Lipinski definition) is 5. The summed E-state index contributed by atoms with van der Waals surface area (Å²) in [7, 11) is 0. The summed E-state index contributed by atoms with van der Waals surface area (Å²) < 4.78 is 5.01. The number of nitrogens with zero attached hydrogens (tertiary/aromatic N) is 2. The van der Waals surface area contributed by atoms with Crippen molar-refractivity contribution in [2.24, 2.45) is 16.1 Å². The maximum Gasteiger partial charge on any atom is 0.307 e. The number of hydrogen-bond donors (Lipinski definition) is 3. The summed E-state index contributed by atoms with van der Waals surface area (Å²) >= 11 is 0. The molecular formula is C21H25N5O3. The molecule has 0 saturated heterocycles. The Morgan fingerprint density at radius 1 is 1.10 bits per heavy atom. The Labute approximate surface area is 169 Å². The van der Waals surface area contributed by atoms with E-state index in [1.165, 1.54) is 0 Å². The third-order valence-corrected chi connectivity index (χ3v) is 4.15. The molecule has 0 bridgehead atoms. The summed E-state index contributed by atoms with van der Waals surface area (Å²) in [5.41, 5.74) is 15.3. The van der Waals surface area contributed by atoms with Crippen molar-refractivity contribution in [3.8, 4) is 11.1 Å². The summed E-state index contributed by atoms with van der Waals surface area (Å²) in [6.07, 6.45) is 0.300. The van der Waals surface area contributed by atoms with Crippen LogP contribution in [0.4, 0.5) is 0 Å². The fourth-order valence-corrected chi connectivity index (χ4v) is 2.89. The first-order chi connectivity index (χ1) is 14.0. The largest absolute Gasteiger partial charge is 0.466 e. The van der Waals surface area contributed by atoms with E-state index in [-0.39, 0.29) is 31.3 Å². The maximum absolute atomic E-state index is 12.2. The number of nitrogens with one attached hydrogen (secondary N) is 2. The minimum Gasteiger partial charge on any atom is -0.466 e. The predicted octanol–water partition coefficient (Wildman–Crippen LogP) is 3.03. The summed E-state index contributed by atoms with van der Waals surface area (Å²) in [5.74, 6) is -0.855. The fourth-order valence-electron chi connectivity index (χ4n) is 2.89. The van der Waals surface area contributed by atoms with E-state index in [1.807, 2.05) is 54.6 Å². The molecule has 0 aliphatic rings. The quantitative estimate of drug-likeness (QED) is 0.188. The van der Waals surface area contributed by atoms with Gasteiger partial charge in [-0.3, -0.25) is 9.59 Å². The highest BCUT2D eigenvalue weighted by molar-refractivity contribution is 5.99. The van der Waals surface area contributed by atoms with Crippen molar-refractivity contribution >= 4 is 17.7 Å². The fraction of sp³-hybridized carbons (Fsp3) is 0.286. The van der Waals surface area contributed by atoms with Crippen molar-refractivity contribution < 1.29 is 14.3 Å². The van der Waals surface area contributed by atoms with E-state index in [9.17, 15) is 9.59 Å². The average molecular weight is 395 g/mol. The number of amides is 1. The molecule has 4 N–H and O–H groups in total. The molecule has 1 amide bonds. The van der Waals surface area contributed by atoms with Crippen LogP contribution in [0.25, 0.3) is 11.1 Å². The Morgan fingerprint density at radius 2 is 1.76 bits per heavy atom. The van der Waals surface area contributed by atoms with Crippen LogP contribution in [-0.4, -0.2) is 30.4 Å². The topological polar surface area (TPSA) is 130 Å². The molecule has 2 aromatic rings. The zero-order valence-corrected chi connectivity index (χ0v) is 16.3. The highest BCUT2D eigenvalue weighted by Gasteiger charge is 2.18. The van der Waals surface area contributed by atoms with Gasteiger partial charge < -0.3 is 15.8 Å². The molecule has 0 spiro atoms. The lowest BCUT2D eigenvalue weighted by molar-refractivity contribution is -0.143. The van der Waals surface area contributed by atoms with Gasteiger partial charge in [0.1, 0.15) is 5.84 Å². The smallest absolute Gasteiger partial charge is 0.307 e. The number of nitrogens with two attached hydrogens (primary N) is 1. The minimum absolute atomic E-state index is 0.0416. The van der Waals surface area contributed by atoms with Crippen molar-refractivity contribution in [2.45, 2.75) is 32.2 Å². The number of carbonyl (C=O) groups excluding carboxylic acids is 2. The van der Waals surface area contributed by atoms with Gasteiger partial charge >= 0.3 is 5.97 Å². The van der Waals surface area contributed by atoms with Crippen LogP contribution in [-0.2, 0) is 20.7 Å². The van der Waals surface area contributed by atoms with Crippen LogP contribution in [0.5, 0.6) is 0 Å². The second kappa shape index (κ2) is 11.3. The molecule has 2 aromatic carbocycles. The van der Waals surface area contributed by atoms with Gasteiger partial charge in [0.05, 0.1) is 19.4 Å². The normalized spacial score (nSPS) is 12.1.